The van der Waals surface area contributed by atoms with Gasteiger partial charge in [0.1, 0.15) is 0 Å². The van der Waals surface area contributed by atoms with Crippen LogP contribution in [0.3, 0.4) is 0 Å². The maximum Gasteiger partial charge on any atom is 0.157 e. The van der Waals surface area contributed by atoms with E-state index < -0.39 is 0 Å². The van der Waals surface area contributed by atoms with E-state index in [1.54, 1.807) is 12.1 Å². The van der Waals surface area contributed by atoms with Gasteiger partial charge in [-0.2, -0.15) is 0 Å². The number of alkyl halides is 1. The highest BCUT2D eigenvalue weighted by molar-refractivity contribution is 9.09. The van der Waals surface area contributed by atoms with E-state index in [2.05, 4.69) is 27.8 Å². The maximum absolute atomic E-state index is 9.64. The van der Waals surface area contributed by atoms with Crippen molar-refractivity contribution in [3.05, 3.63) is 23.3 Å². The van der Waals surface area contributed by atoms with E-state index >= 15 is 0 Å². The van der Waals surface area contributed by atoms with Crippen LogP contribution in [-0.4, -0.2) is 39.6 Å². The molecule has 2 N–H and O–H groups in total. The van der Waals surface area contributed by atoms with Gasteiger partial charge in [-0.15, -0.1) is 17.0 Å². The number of rotatable bonds is 5. The lowest BCUT2D eigenvalue weighted by atomic mass is 9.87. The molecule has 1 unspecified atom stereocenters. The van der Waals surface area contributed by atoms with Gasteiger partial charge in [0.25, 0.3) is 0 Å². The van der Waals surface area contributed by atoms with E-state index in [4.69, 9.17) is 0 Å². The minimum absolute atomic E-state index is 0. The van der Waals surface area contributed by atoms with Gasteiger partial charge in [-0.3, -0.25) is 4.90 Å². The van der Waals surface area contributed by atoms with E-state index in [1.165, 1.54) is 11.1 Å². The number of aromatic hydroxyl groups is 2. The molecule has 0 spiro atoms. The molecule has 20 heavy (non-hydrogen) atoms. The fourth-order valence-corrected chi connectivity index (χ4v) is 3.40. The second-order valence-corrected chi connectivity index (χ2v) is 6.02. The molecule has 0 amide bonds. The molecule has 1 aromatic carbocycles. The molecule has 3 nitrogen and oxygen atoms in total. The highest BCUT2D eigenvalue weighted by Gasteiger charge is 2.24. The van der Waals surface area contributed by atoms with Crippen LogP contribution in [-0.2, 0) is 12.8 Å². The molecular formula is C15H23Br2NO2. The molecule has 0 bridgehead atoms. The van der Waals surface area contributed by atoms with Crippen LogP contribution in [0, 0.1) is 0 Å². The molecule has 0 saturated carbocycles. The van der Waals surface area contributed by atoms with Crippen molar-refractivity contribution in [2.24, 2.45) is 0 Å². The fraction of sp³-hybridized carbons (Fsp3) is 0.600. The number of benzene rings is 1. The minimum Gasteiger partial charge on any atom is -0.504 e. The summed E-state index contributed by atoms with van der Waals surface area (Å²) >= 11 is 3.52. The first-order chi connectivity index (χ1) is 9.15. The number of hydrogen-bond acceptors (Lipinski definition) is 3. The Morgan fingerprint density at radius 3 is 2.45 bits per heavy atom. The summed E-state index contributed by atoms with van der Waals surface area (Å²) in [7, 11) is 0. The van der Waals surface area contributed by atoms with Crippen molar-refractivity contribution in [3.8, 4) is 11.5 Å². The lowest BCUT2D eigenvalue weighted by Crippen LogP contribution is -2.40. The number of fused-ring (bicyclic) bond motifs is 1. The number of halogens is 2. The first-order valence-corrected chi connectivity index (χ1v) is 8.11. The number of aryl methyl sites for hydroxylation is 1. The summed E-state index contributed by atoms with van der Waals surface area (Å²) in [4.78, 5) is 2.53. The highest BCUT2D eigenvalue weighted by atomic mass is 79.9. The monoisotopic (exact) mass is 407 g/mol. The molecule has 0 aromatic heterocycles. The first kappa shape index (κ1) is 17.8. The Bertz CT molecular complexity index is 434. The second kappa shape index (κ2) is 8.25. The van der Waals surface area contributed by atoms with Gasteiger partial charge >= 0.3 is 0 Å². The average Bonchev–Trinajstić information content (AvgIpc) is 2.39. The van der Waals surface area contributed by atoms with Crippen LogP contribution in [0.4, 0.5) is 0 Å². The Balaban J connectivity index is 0.00000200. The van der Waals surface area contributed by atoms with Crippen molar-refractivity contribution in [1.29, 1.82) is 0 Å². The third-order valence-electron chi connectivity index (χ3n) is 3.90. The Morgan fingerprint density at radius 2 is 1.85 bits per heavy atom. The van der Waals surface area contributed by atoms with Crippen molar-refractivity contribution >= 4 is 32.9 Å². The van der Waals surface area contributed by atoms with E-state index in [-0.39, 0.29) is 28.5 Å². The van der Waals surface area contributed by atoms with Crippen LogP contribution in [0.25, 0.3) is 0 Å². The van der Waals surface area contributed by atoms with Gasteiger partial charge in [-0.1, -0.05) is 22.9 Å². The van der Waals surface area contributed by atoms with Crippen LogP contribution < -0.4 is 0 Å². The second-order valence-electron chi connectivity index (χ2n) is 5.23. The molecule has 1 aromatic rings. The molecule has 114 valence electrons. The SMILES string of the molecule is Br.CCCN(CCBr)C1CCc2cc(O)c(O)cc2C1. The van der Waals surface area contributed by atoms with Crippen molar-refractivity contribution in [3.63, 3.8) is 0 Å². The number of phenolic OH excluding ortho intramolecular Hbond substituents is 2. The van der Waals surface area contributed by atoms with Gasteiger partial charge < -0.3 is 10.2 Å². The van der Waals surface area contributed by atoms with Gasteiger partial charge in [-0.25, -0.2) is 0 Å². The Kier molecular flexibility index (Phi) is 7.34. The summed E-state index contributed by atoms with van der Waals surface area (Å²) in [5, 5.41) is 20.2. The molecular weight excluding hydrogens is 386 g/mol. The zero-order chi connectivity index (χ0) is 13.8. The van der Waals surface area contributed by atoms with Gasteiger partial charge in [0.2, 0.25) is 0 Å². The van der Waals surface area contributed by atoms with E-state index in [1.807, 2.05) is 0 Å². The predicted molar refractivity (Wildman–Crippen MR) is 91.6 cm³/mol. The van der Waals surface area contributed by atoms with Crippen LogP contribution in [0.15, 0.2) is 12.1 Å². The summed E-state index contributed by atoms with van der Waals surface area (Å²) in [5.41, 5.74) is 2.36. The van der Waals surface area contributed by atoms with Crippen molar-refractivity contribution in [2.75, 3.05) is 18.4 Å². The van der Waals surface area contributed by atoms with Crippen LogP contribution in [0.1, 0.15) is 30.9 Å². The van der Waals surface area contributed by atoms with Gasteiger partial charge in [-0.05, 0) is 55.5 Å². The van der Waals surface area contributed by atoms with Crippen molar-refractivity contribution < 1.29 is 10.2 Å². The molecule has 0 fully saturated rings. The van der Waals surface area contributed by atoms with Crippen molar-refractivity contribution in [2.45, 2.75) is 38.6 Å². The van der Waals surface area contributed by atoms with Gasteiger partial charge in [0, 0.05) is 17.9 Å². The minimum atomic E-state index is 0. The summed E-state index contributed by atoms with van der Waals surface area (Å²) < 4.78 is 0. The summed E-state index contributed by atoms with van der Waals surface area (Å²) in [6.07, 6.45) is 4.24. The van der Waals surface area contributed by atoms with Gasteiger partial charge in [0.15, 0.2) is 11.5 Å². The molecule has 0 saturated heterocycles. The normalized spacial score (nSPS) is 17.6. The first-order valence-electron chi connectivity index (χ1n) is 6.99. The smallest absolute Gasteiger partial charge is 0.157 e. The van der Waals surface area contributed by atoms with E-state index in [0.29, 0.717) is 6.04 Å². The van der Waals surface area contributed by atoms with Crippen LogP contribution in [0.2, 0.25) is 0 Å². The molecule has 2 rings (SSSR count). The maximum atomic E-state index is 9.64. The third-order valence-corrected chi connectivity index (χ3v) is 4.25. The number of hydrogen-bond donors (Lipinski definition) is 2. The van der Waals surface area contributed by atoms with Crippen LogP contribution >= 0.6 is 32.9 Å². The standard InChI is InChI=1S/C15H22BrNO2.BrH/c1-2-6-17(7-5-16)13-4-3-11-9-14(18)15(19)10-12(11)8-13;/h9-10,13,18-19H,2-8H2,1H3;1H. The van der Waals surface area contributed by atoms with Crippen LogP contribution in [0.5, 0.6) is 11.5 Å². The molecule has 1 aliphatic rings. The lowest BCUT2D eigenvalue weighted by Gasteiger charge is -2.35. The predicted octanol–water partition coefficient (Wildman–Crippen LogP) is 3.64. The highest BCUT2D eigenvalue weighted by Crippen LogP contribution is 2.33. The zero-order valence-electron chi connectivity index (χ0n) is 11.8. The lowest BCUT2D eigenvalue weighted by molar-refractivity contribution is 0.191. The quantitative estimate of drug-likeness (QED) is 0.577. The topological polar surface area (TPSA) is 43.7 Å². The van der Waals surface area contributed by atoms with E-state index in [0.717, 1.165) is 44.1 Å². The molecule has 0 aliphatic heterocycles. The van der Waals surface area contributed by atoms with Gasteiger partial charge in [0.05, 0.1) is 0 Å². The molecule has 5 heteroatoms. The molecule has 0 heterocycles. The van der Waals surface area contributed by atoms with E-state index in [9.17, 15) is 10.2 Å². The fourth-order valence-electron chi connectivity index (χ4n) is 2.95. The number of nitrogens with zero attached hydrogens (tertiary/aromatic N) is 1. The largest absolute Gasteiger partial charge is 0.504 e. The Labute approximate surface area is 139 Å². The average molecular weight is 409 g/mol. The summed E-state index contributed by atoms with van der Waals surface area (Å²) in [6, 6.07) is 4.00. The zero-order valence-corrected chi connectivity index (χ0v) is 15.1. The molecule has 1 aliphatic carbocycles. The number of phenols is 2. The molecule has 1 atom stereocenters. The van der Waals surface area contributed by atoms with Crippen molar-refractivity contribution in [1.82, 2.24) is 4.90 Å². The Hall–Kier alpha value is -0.260. The summed E-state index contributed by atoms with van der Waals surface area (Å²) in [6.45, 7) is 4.40. The third kappa shape index (κ3) is 4.12. The Morgan fingerprint density at radius 1 is 1.20 bits per heavy atom. The molecule has 0 radical (unpaired) electrons. The summed E-state index contributed by atoms with van der Waals surface area (Å²) in [5.74, 6) is 0.00463.